The number of hydrogen-bond donors (Lipinski definition) is 4. The molecular weight excluding hydrogens is 537 g/mol. The molecule has 0 fully saturated rings. The van der Waals surface area contributed by atoms with Crippen LogP contribution >= 0.6 is 23.5 Å². The Morgan fingerprint density at radius 1 is 0.475 bits per heavy atom. The monoisotopic (exact) mass is 562 g/mol. The van der Waals surface area contributed by atoms with Crippen molar-refractivity contribution in [2.24, 2.45) is 0 Å². The second-order valence-electron chi connectivity index (χ2n) is 9.65. The van der Waals surface area contributed by atoms with Crippen molar-refractivity contribution in [1.82, 2.24) is 0 Å². The Hall–Kier alpha value is -4.26. The largest absolute Gasteiger partial charge is 0.508 e. The maximum atomic E-state index is 9.88. The third kappa shape index (κ3) is 5.69. The third-order valence-electron chi connectivity index (χ3n) is 6.86. The van der Waals surface area contributed by atoms with Gasteiger partial charge in [-0.05, 0) is 107 Å². The van der Waals surface area contributed by atoms with Gasteiger partial charge in [-0.1, -0.05) is 60.3 Å². The van der Waals surface area contributed by atoms with Crippen molar-refractivity contribution in [3.05, 3.63) is 149 Å². The van der Waals surface area contributed by atoms with Crippen LogP contribution in [0.3, 0.4) is 0 Å². The number of allylic oxidation sites excluding steroid dienone is 5. The van der Waals surface area contributed by atoms with Gasteiger partial charge in [0.05, 0.1) is 0 Å². The van der Waals surface area contributed by atoms with E-state index in [1.165, 1.54) is 5.57 Å². The van der Waals surface area contributed by atoms with Crippen LogP contribution in [0.25, 0.3) is 14.7 Å². The van der Waals surface area contributed by atoms with Gasteiger partial charge in [0, 0.05) is 20.0 Å². The highest BCUT2D eigenvalue weighted by atomic mass is 32.2. The van der Waals surface area contributed by atoms with E-state index in [0.29, 0.717) is 0 Å². The van der Waals surface area contributed by atoms with Crippen LogP contribution in [0.15, 0.2) is 126 Å². The number of phenolic OH excluding ortho intramolecular Hbond substituents is 4. The zero-order chi connectivity index (χ0) is 27.6. The molecule has 0 spiro atoms. The first-order chi connectivity index (χ1) is 19.4. The molecule has 6 rings (SSSR count). The van der Waals surface area contributed by atoms with E-state index in [0.717, 1.165) is 49.0 Å². The molecule has 0 saturated carbocycles. The average molecular weight is 563 g/mol. The molecule has 0 bridgehead atoms. The molecule has 4 N–H and O–H groups in total. The van der Waals surface area contributed by atoms with E-state index < -0.39 is 0 Å². The number of aromatic hydroxyl groups is 4. The quantitative estimate of drug-likeness (QED) is 0.199. The van der Waals surface area contributed by atoms with Gasteiger partial charge in [-0.25, -0.2) is 0 Å². The van der Waals surface area contributed by atoms with Crippen LogP contribution in [0, 0.1) is 0 Å². The van der Waals surface area contributed by atoms with E-state index >= 15 is 0 Å². The maximum absolute atomic E-state index is 9.88. The molecule has 2 aliphatic rings. The molecule has 1 unspecified atom stereocenters. The SMILES string of the molecule is Oc1ccc(C2=CC(=C3C=C(c4ccc(O)cc4)SC(c4ccc(O)cc4)C3)C=C(c3ccc(O)cc3)S2)cc1. The molecule has 0 saturated heterocycles. The van der Waals surface area contributed by atoms with Crippen LogP contribution in [-0.4, -0.2) is 20.4 Å². The highest BCUT2D eigenvalue weighted by Gasteiger charge is 2.25. The second kappa shape index (κ2) is 11.1. The van der Waals surface area contributed by atoms with Crippen molar-refractivity contribution in [1.29, 1.82) is 0 Å². The highest BCUT2D eigenvalue weighted by molar-refractivity contribution is 8.16. The summed E-state index contributed by atoms with van der Waals surface area (Å²) in [5.41, 5.74) is 6.43. The summed E-state index contributed by atoms with van der Waals surface area (Å²) in [7, 11) is 0. The third-order valence-corrected chi connectivity index (χ3v) is 9.34. The van der Waals surface area contributed by atoms with E-state index in [2.05, 4.69) is 18.2 Å². The summed E-state index contributed by atoms with van der Waals surface area (Å²) in [5.74, 6) is 0.914. The van der Waals surface area contributed by atoms with Gasteiger partial charge < -0.3 is 20.4 Å². The fourth-order valence-electron chi connectivity index (χ4n) is 4.72. The molecular formula is C34H26O4S2. The molecule has 1 atom stereocenters. The summed E-state index contributed by atoms with van der Waals surface area (Å²) < 4.78 is 0. The van der Waals surface area contributed by atoms with Gasteiger partial charge in [-0.3, -0.25) is 0 Å². The average Bonchev–Trinajstić information content (AvgIpc) is 2.98. The first-order valence-corrected chi connectivity index (χ1v) is 14.5. The van der Waals surface area contributed by atoms with Crippen molar-refractivity contribution < 1.29 is 20.4 Å². The van der Waals surface area contributed by atoms with E-state index in [1.807, 2.05) is 48.5 Å². The number of phenols is 4. The second-order valence-corrected chi connectivity index (χ2v) is 12.0. The van der Waals surface area contributed by atoms with Gasteiger partial charge in [0.25, 0.3) is 0 Å². The zero-order valence-electron chi connectivity index (χ0n) is 21.4. The number of rotatable bonds is 4. The zero-order valence-corrected chi connectivity index (χ0v) is 23.0. The summed E-state index contributed by atoms with van der Waals surface area (Å²) in [6.45, 7) is 0. The minimum absolute atomic E-state index is 0.127. The maximum Gasteiger partial charge on any atom is 0.115 e. The fraction of sp³-hybridized carbons (Fsp3) is 0.0588. The van der Waals surface area contributed by atoms with E-state index in [4.69, 9.17) is 0 Å². The molecule has 2 heterocycles. The highest BCUT2D eigenvalue weighted by Crippen LogP contribution is 2.51. The minimum atomic E-state index is 0.127. The predicted molar refractivity (Wildman–Crippen MR) is 166 cm³/mol. The van der Waals surface area contributed by atoms with Crippen LogP contribution < -0.4 is 0 Å². The number of thioether (sulfide) groups is 2. The van der Waals surface area contributed by atoms with Gasteiger partial charge >= 0.3 is 0 Å². The Kier molecular flexibility index (Phi) is 7.20. The molecule has 0 amide bonds. The summed E-state index contributed by atoms with van der Waals surface area (Å²) >= 11 is 3.43. The normalized spacial score (nSPS) is 17.2. The molecule has 4 aromatic carbocycles. The molecule has 4 aromatic rings. The molecule has 40 heavy (non-hydrogen) atoms. The van der Waals surface area contributed by atoms with E-state index in [9.17, 15) is 20.4 Å². The summed E-state index contributed by atoms with van der Waals surface area (Å²) in [4.78, 5) is 3.23. The van der Waals surface area contributed by atoms with Crippen LogP contribution in [0.5, 0.6) is 23.0 Å². The van der Waals surface area contributed by atoms with E-state index in [1.54, 1.807) is 72.1 Å². The smallest absolute Gasteiger partial charge is 0.115 e. The first kappa shape index (κ1) is 26.0. The van der Waals surface area contributed by atoms with Gasteiger partial charge in [-0.2, -0.15) is 0 Å². The molecule has 0 aromatic heterocycles. The number of benzene rings is 4. The van der Waals surface area contributed by atoms with Gasteiger partial charge in [-0.15, -0.1) is 11.8 Å². The Morgan fingerprint density at radius 3 is 1.32 bits per heavy atom. The number of hydrogen-bond acceptors (Lipinski definition) is 6. The first-order valence-electron chi connectivity index (χ1n) is 12.8. The van der Waals surface area contributed by atoms with Crippen LogP contribution in [0.2, 0.25) is 0 Å². The fourth-order valence-corrected chi connectivity index (χ4v) is 7.18. The van der Waals surface area contributed by atoms with Crippen LogP contribution in [-0.2, 0) is 0 Å². The van der Waals surface area contributed by atoms with Crippen molar-refractivity contribution in [2.75, 3.05) is 0 Å². The molecule has 4 nitrogen and oxygen atoms in total. The standard InChI is InChI=1S/C34H26O4S2/c35-27-9-1-21(2-10-27)31-17-25(18-32(39-31)22-3-11-28(36)12-4-22)26-19-33(23-5-13-29(37)14-6-23)40-34(20-26)24-7-15-30(38)16-8-24/h1-19,34-38H,20H2. The lowest BCUT2D eigenvalue weighted by Gasteiger charge is -2.27. The van der Waals surface area contributed by atoms with Crippen molar-refractivity contribution in [3.63, 3.8) is 0 Å². The summed E-state index contributed by atoms with van der Waals surface area (Å²) in [6, 6.07) is 29.1. The summed E-state index contributed by atoms with van der Waals surface area (Å²) in [5, 5.41) is 39.6. The topological polar surface area (TPSA) is 80.9 Å². The Labute approximate surface area is 241 Å². The van der Waals surface area contributed by atoms with E-state index in [-0.39, 0.29) is 28.2 Å². The Balaban J connectivity index is 1.51. The molecule has 0 radical (unpaired) electrons. The molecule has 2 aliphatic heterocycles. The predicted octanol–water partition coefficient (Wildman–Crippen LogP) is 8.85. The minimum Gasteiger partial charge on any atom is -0.508 e. The Bertz CT molecular complexity index is 1600. The van der Waals surface area contributed by atoms with Crippen LogP contribution in [0.4, 0.5) is 0 Å². The van der Waals surface area contributed by atoms with Crippen molar-refractivity contribution in [3.8, 4) is 23.0 Å². The molecule has 6 heteroatoms. The molecule has 198 valence electrons. The van der Waals surface area contributed by atoms with Crippen LogP contribution in [0.1, 0.15) is 33.9 Å². The molecule has 0 aliphatic carbocycles. The van der Waals surface area contributed by atoms with Crippen molar-refractivity contribution >= 4 is 38.2 Å². The van der Waals surface area contributed by atoms with Gasteiger partial charge in [0.1, 0.15) is 23.0 Å². The lowest BCUT2D eigenvalue weighted by molar-refractivity contribution is 0.474. The van der Waals surface area contributed by atoms with Gasteiger partial charge in [0.15, 0.2) is 0 Å². The summed E-state index contributed by atoms with van der Waals surface area (Å²) in [6.07, 6.45) is 7.42. The van der Waals surface area contributed by atoms with Gasteiger partial charge in [0.2, 0.25) is 0 Å². The van der Waals surface area contributed by atoms with Crippen molar-refractivity contribution in [2.45, 2.75) is 11.7 Å². The lowest BCUT2D eigenvalue weighted by Crippen LogP contribution is -2.04. The Morgan fingerprint density at radius 2 is 0.875 bits per heavy atom. The lowest BCUT2D eigenvalue weighted by atomic mass is 9.95.